The number of thioether (sulfide) groups is 1. The Morgan fingerprint density at radius 1 is 0.829 bits per heavy atom. The third-order valence-electron chi connectivity index (χ3n) is 7.10. The Labute approximate surface area is 248 Å². The summed E-state index contributed by atoms with van der Waals surface area (Å²) in [5.74, 6) is 2.56. The van der Waals surface area contributed by atoms with Gasteiger partial charge in [0.25, 0.3) is 5.91 Å². The van der Waals surface area contributed by atoms with E-state index < -0.39 is 0 Å². The Morgan fingerprint density at radius 3 is 2.05 bits per heavy atom. The third-order valence-corrected chi connectivity index (χ3v) is 8.16. The van der Waals surface area contributed by atoms with Crippen LogP contribution in [0.4, 0.5) is 0 Å². The number of unbranched alkanes of at least 4 members (excludes halogenated alkanes) is 2. The minimum absolute atomic E-state index is 0.00510. The number of imidazole rings is 1. The number of amides is 1. The molecule has 0 aliphatic heterocycles. The molecule has 1 N–H and O–H groups in total. The third kappa shape index (κ3) is 7.94. The SMILES string of the molecule is CCCCc1ccc(C(=O)NCCCCSc2nc(-c3ccc(OC)cc3)c(-c3ccc(OC)cc3)n2CC)cc1. The van der Waals surface area contributed by atoms with Gasteiger partial charge in [-0.05, 0) is 98.8 Å². The molecule has 0 aliphatic carbocycles. The van der Waals surface area contributed by atoms with Crippen LogP contribution in [0.25, 0.3) is 22.5 Å². The van der Waals surface area contributed by atoms with E-state index in [4.69, 9.17) is 14.5 Å². The molecule has 7 heteroatoms. The number of carbonyl (C=O) groups excluding carboxylic acids is 1. The van der Waals surface area contributed by atoms with E-state index in [1.165, 1.54) is 18.4 Å². The molecule has 0 spiro atoms. The molecule has 0 saturated carbocycles. The van der Waals surface area contributed by atoms with Gasteiger partial charge < -0.3 is 19.4 Å². The maximum atomic E-state index is 12.6. The van der Waals surface area contributed by atoms with E-state index in [0.717, 1.165) is 76.3 Å². The lowest BCUT2D eigenvalue weighted by atomic mass is 10.0. The molecular formula is C34H41N3O3S. The number of rotatable bonds is 15. The lowest BCUT2D eigenvalue weighted by Gasteiger charge is -2.12. The molecule has 6 nitrogen and oxygen atoms in total. The van der Waals surface area contributed by atoms with E-state index in [-0.39, 0.29) is 5.91 Å². The molecule has 0 fully saturated rings. The fourth-order valence-corrected chi connectivity index (χ4v) is 5.79. The van der Waals surface area contributed by atoms with Gasteiger partial charge >= 0.3 is 0 Å². The van der Waals surface area contributed by atoms with E-state index in [1.807, 2.05) is 36.4 Å². The second-order valence-corrected chi connectivity index (χ2v) is 11.0. The van der Waals surface area contributed by atoms with Crippen molar-refractivity contribution in [3.05, 3.63) is 83.9 Å². The summed E-state index contributed by atoms with van der Waals surface area (Å²) < 4.78 is 13.0. The Bertz CT molecular complexity index is 1380. The van der Waals surface area contributed by atoms with Gasteiger partial charge in [-0.25, -0.2) is 4.98 Å². The van der Waals surface area contributed by atoms with Gasteiger partial charge in [-0.1, -0.05) is 37.2 Å². The Kier molecular flexibility index (Phi) is 11.3. The lowest BCUT2D eigenvalue weighted by molar-refractivity contribution is 0.0953. The van der Waals surface area contributed by atoms with Gasteiger partial charge in [-0.3, -0.25) is 4.79 Å². The predicted molar refractivity (Wildman–Crippen MR) is 169 cm³/mol. The number of aryl methyl sites for hydroxylation is 1. The second kappa shape index (κ2) is 15.3. The highest BCUT2D eigenvalue weighted by Crippen LogP contribution is 2.37. The highest BCUT2D eigenvalue weighted by atomic mass is 32.2. The zero-order valence-electron chi connectivity index (χ0n) is 24.6. The summed E-state index contributed by atoms with van der Waals surface area (Å²) in [6, 6.07) is 24.2. The number of nitrogens with one attached hydrogen (secondary N) is 1. The van der Waals surface area contributed by atoms with Crippen LogP contribution in [0.15, 0.2) is 78.0 Å². The maximum absolute atomic E-state index is 12.6. The zero-order valence-corrected chi connectivity index (χ0v) is 25.4. The van der Waals surface area contributed by atoms with Crippen molar-refractivity contribution in [3.63, 3.8) is 0 Å². The number of methoxy groups -OCH3 is 2. The summed E-state index contributed by atoms with van der Waals surface area (Å²) >= 11 is 1.76. The van der Waals surface area contributed by atoms with Crippen LogP contribution >= 0.6 is 11.8 Å². The van der Waals surface area contributed by atoms with Gasteiger partial charge in [0.2, 0.25) is 0 Å². The summed E-state index contributed by atoms with van der Waals surface area (Å²) in [5.41, 5.74) is 6.20. The van der Waals surface area contributed by atoms with Crippen molar-refractivity contribution in [1.29, 1.82) is 0 Å². The second-order valence-electron chi connectivity index (χ2n) is 9.90. The van der Waals surface area contributed by atoms with Crippen molar-refractivity contribution in [3.8, 4) is 34.0 Å². The number of aromatic nitrogens is 2. The van der Waals surface area contributed by atoms with Crippen molar-refractivity contribution < 1.29 is 14.3 Å². The number of benzene rings is 3. The van der Waals surface area contributed by atoms with Crippen LogP contribution in [0.5, 0.6) is 11.5 Å². The number of hydrogen-bond donors (Lipinski definition) is 1. The highest BCUT2D eigenvalue weighted by Gasteiger charge is 2.20. The van der Waals surface area contributed by atoms with Crippen LogP contribution in [-0.4, -0.2) is 42.0 Å². The first-order chi connectivity index (χ1) is 20.1. The quantitative estimate of drug-likeness (QED) is 0.116. The molecule has 0 unspecified atom stereocenters. The van der Waals surface area contributed by atoms with Gasteiger partial charge in [-0.2, -0.15) is 0 Å². The molecule has 0 bridgehead atoms. The van der Waals surface area contributed by atoms with Gasteiger partial charge in [0.05, 0.1) is 25.6 Å². The lowest BCUT2D eigenvalue weighted by Crippen LogP contribution is -2.24. The summed E-state index contributed by atoms with van der Waals surface area (Å²) in [5, 5.41) is 4.06. The smallest absolute Gasteiger partial charge is 0.251 e. The fourth-order valence-electron chi connectivity index (χ4n) is 4.73. The van der Waals surface area contributed by atoms with E-state index in [9.17, 15) is 4.79 Å². The number of ether oxygens (including phenoxy) is 2. The summed E-state index contributed by atoms with van der Waals surface area (Å²) in [6.45, 7) is 5.81. The molecule has 3 aromatic carbocycles. The van der Waals surface area contributed by atoms with Crippen molar-refractivity contribution >= 4 is 17.7 Å². The molecule has 1 aromatic heterocycles. The molecule has 41 heavy (non-hydrogen) atoms. The first-order valence-electron chi connectivity index (χ1n) is 14.5. The fraction of sp³-hybridized carbons (Fsp3) is 0.353. The molecule has 1 amide bonds. The molecule has 4 rings (SSSR count). The minimum atomic E-state index is -0.00510. The van der Waals surface area contributed by atoms with Gasteiger partial charge in [0.15, 0.2) is 5.16 Å². The molecule has 0 saturated heterocycles. The standard InChI is InChI=1S/C34H41N3O3S/c1-5-7-10-25-11-13-28(14-12-25)33(38)35-23-8-9-24-41-34-36-31(26-15-19-29(39-3)20-16-26)32(37(34)6-2)27-17-21-30(40-4)22-18-27/h11-22H,5-10,23-24H2,1-4H3,(H,35,38). The summed E-state index contributed by atoms with van der Waals surface area (Å²) in [6.07, 6.45) is 5.31. The van der Waals surface area contributed by atoms with Crippen molar-refractivity contribution in [2.75, 3.05) is 26.5 Å². The van der Waals surface area contributed by atoms with Gasteiger partial charge in [0.1, 0.15) is 11.5 Å². The van der Waals surface area contributed by atoms with Crippen LogP contribution in [0, 0.1) is 0 Å². The highest BCUT2D eigenvalue weighted by molar-refractivity contribution is 7.99. The van der Waals surface area contributed by atoms with Gasteiger partial charge in [0, 0.05) is 35.5 Å². The van der Waals surface area contributed by atoms with Crippen LogP contribution < -0.4 is 14.8 Å². The van der Waals surface area contributed by atoms with Crippen molar-refractivity contribution in [2.24, 2.45) is 0 Å². The van der Waals surface area contributed by atoms with Crippen molar-refractivity contribution in [1.82, 2.24) is 14.9 Å². The average Bonchev–Trinajstić information content (AvgIpc) is 3.40. The topological polar surface area (TPSA) is 65.4 Å². The van der Waals surface area contributed by atoms with E-state index in [1.54, 1.807) is 26.0 Å². The van der Waals surface area contributed by atoms with E-state index >= 15 is 0 Å². The predicted octanol–water partition coefficient (Wildman–Crippen LogP) is 7.90. The van der Waals surface area contributed by atoms with Gasteiger partial charge in [-0.15, -0.1) is 0 Å². The largest absolute Gasteiger partial charge is 0.497 e. The van der Waals surface area contributed by atoms with Crippen molar-refractivity contribution in [2.45, 2.75) is 57.7 Å². The molecule has 4 aromatic rings. The van der Waals surface area contributed by atoms with E-state index in [0.29, 0.717) is 6.54 Å². The van der Waals surface area contributed by atoms with E-state index in [2.05, 4.69) is 60.1 Å². The van der Waals surface area contributed by atoms with Crippen LogP contribution in [0.2, 0.25) is 0 Å². The summed E-state index contributed by atoms with van der Waals surface area (Å²) in [4.78, 5) is 17.7. The first-order valence-corrected chi connectivity index (χ1v) is 15.5. The summed E-state index contributed by atoms with van der Waals surface area (Å²) in [7, 11) is 3.36. The molecule has 0 radical (unpaired) electrons. The minimum Gasteiger partial charge on any atom is -0.497 e. The Balaban J connectivity index is 1.39. The average molecular weight is 572 g/mol. The van der Waals surface area contributed by atoms with Crippen LogP contribution in [0.3, 0.4) is 0 Å². The zero-order chi connectivity index (χ0) is 29.0. The van der Waals surface area contributed by atoms with Crippen LogP contribution in [0.1, 0.15) is 55.5 Å². The normalized spacial score (nSPS) is 10.9. The first kappa shape index (κ1) is 30.3. The monoisotopic (exact) mass is 571 g/mol. The molecular weight excluding hydrogens is 530 g/mol. The maximum Gasteiger partial charge on any atom is 0.251 e. The molecule has 1 heterocycles. The molecule has 216 valence electrons. The Hall–Kier alpha value is -3.71. The number of carbonyl (C=O) groups is 1. The molecule has 0 atom stereocenters. The number of hydrogen-bond acceptors (Lipinski definition) is 5. The number of nitrogens with zero attached hydrogens (tertiary/aromatic N) is 2. The Morgan fingerprint density at radius 2 is 1.46 bits per heavy atom. The molecule has 0 aliphatic rings. The van der Waals surface area contributed by atoms with Crippen LogP contribution in [-0.2, 0) is 13.0 Å².